The first-order valence-electron chi connectivity index (χ1n) is 5.19. The number of nitrogens with one attached hydrogen (secondary N) is 1. The first kappa shape index (κ1) is 11.3. The van der Waals surface area contributed by atoms with Crippen molar-refractivity contribution in [2.24, 2.45) is 0 Å². The van der Waals surface area contributed by atoms with E-state index in [0.29, 0.717) is 17.5 Å². The third-order valence-corrected chi connectivity index (χ3v) is 2.40. The molecule has 1 aromatic carbocycles. The third-order valence-electron chi connectivity index (χ3n) is 2.40. The van der Waals surface area contributed by atoms with Gasteiger partial charge in [0, 0.05) is 11.3 Å². The van der Waals surface area contributed by atoms with Gasteiger partial charge >= 0.3 is 0 Å². The molecule has 5 heteroatoms. The molecule has 88 valence electrons. The lowest BCUT2D eigenvalue weighted by atomic mass is 10.2. The number of hydrogen-bond donors (Lipinski definition) is 2. The standard InChI is InChI=1S/C12H13FN4/c1-7-11(14)15-8(2)16-12(7)17-10-5-3-9(13)4-6-10/h3-6H,1-2H3,(H3,14,15,16,17). The number of nitrogen functional groups attached to an aromatic ring is 1. The molecule has 0 spiro atoms. The number of aryl methyl sites for hydroxylation is 1. The summed E-state index contributed by atoms with van der Waals surface area (Å²) < 4.78 is 12.8. The lowest BCUT2D eigenvalue weighted by Crippen LogP contribution is -2.04. The van der Waals surface area contributed by atoms with Gasteiger partial charge in [-0.25, -0.2) is 14.4 Å². The van der Waals surface area contributed by atoms with Gasteiger partial charge in [-0.3, -0.25) is 0 Å². The summed E-state index contributed by atoms with van der Waals surface area (Å²) >= 11 is 0. The first-order chi connectivity index (χ1) is 8.06. The molecule has 1 aromatic heterocycles. The summed E-state index contributed by atoms with van der Waals surface area (Å²) in [6.07, 6.45) is 0. The summed E-state index contributed by atoms with van der Waals surface area (Å²) in [4.78, 5) is 8.31. The van der Waals surface area contributed by atoms with E-state index < -0.39 is 0 Å². The molecule has 0 saturated heterocycles. The second kappa shape index (κ2) is 4.37. The Morgan fingerprint density at radius 3 is 2.41 bits per heavy atom. The van der Waals surface area contributed by atoms with Crippen LogP contribution in [0.3, 0.4) is 0 Å². The molecule has 0 aliphatic carbocycles. The Morgan fingerprint density at radius 2 is 1.76 bits per heavy atom. The molecule has 0 saturated carbocycles. The van der Waals surface area contributed by atoms with E-state index in [0.717, 1.165) is 11.3 Å². The highest BCUT2D eigenvalue weighted by atomic mass is 19.1. The van der Waals surface area contributed by atoms with Crippen molar-refractivity contribution in [2.75, 3.05) is 11.1 Å². The van der Waals surface area contributed by atoms with Gasteiger partial charge in [0.05, 0.1) is 0 Å². The molecule has 0 fully saturated rings. The minimum Gasteiger partial charge on any atom is -0.383 e. The average Bonchev–Trinajstić information content (AvgIpc) is 2.28. The smallest absolute Gasteiger partial charge is 0.139 e. The van der Waals surface area contributed by atoms with Gasteiger partial charge in [-0.2, -0.15) is 0 Å². The van der Waals surface area contributed by atoms with Crippen molar-refractivity contribution < 1.29 is 4.39 Å². The quantitative estimate of drug-likeness (QED) is 0.835. The van der Waals surface area contributed by atoms with Crippen LogP contribution >= 0.6 is 0 Å². The number of anilines is 3. The fourth-order valence-electron chi connectivity index (χ4n) is 1.44. The van der Waals surface area contributed by atoms with Gasteiger partial charge in [0.1, 0.15) is 23.3 Å². The number of rotatable bonds is 2. The van der Waals surface area contributed by atoms with Gasteiger partial charge in [-0.05, 0) is 38.1 Å². The molecule has 0 aliphatic rings. The number of aromatic nitrogens is 2. The zero-order valence-corrected chi connectivity index (χ0v) is 9.66. The summed E-state index contributed by atoms with van der Waals surface area (Å²) in [5.41, 5.74) is 7.28. The van der Waals surface area contributed by atoms with E-state index in [-0.39, 0.29) is 5.82 Å². The van der Waals surface area contributed by atoms with E-state index >= 15 is 0 Å². The minimum absolute atomic E-state index is 0.273. The second-order valence-electron chi connectivity index (χ2n) is 3.76. The molecular weight excluding hydrogens is 219 g/mol. The number of nitrogens with two attached hydrogens (primary N) is 1. The van der Waals surface area contributed by atoms with E-state index in [1.54, 1.807) is 19.1 Å². The Morgan fingerprint density at radius 1 is 1.12 bits per heavy atom. The average molecular weight is 232 g/mol. The largest absolute Gasteiger partial charge is 0.383 e. The summed E-state index contributed by atoms with van der Waals surface area (Å²) in [5, 5.41) is 3.08. The Bertz CT molecular complexity index is 537. The molecule has 0 radical (unpaired) electrons. The molecule has 17 heavy (non-hydrogen) atoms. The molecule has 2 rings (SSSR count). The van der Waals surface area contributed by atoms with Crippen LogP contribution in [0.1, 0.15) is 11.4 Å². The Balaban J connectivity index is 2.32. The lowest BCUT2D eigenvalue weighted by Gasteiger charge is -2.10. The van der Waals surface area contributed by atoms with Crippen molar-refractivity contribution in [2.45, 2.75) is 13.8 Å². The van der Waals surface area contributed by atoms with E-state index in [9.17, 15) is 4.39 Å². The Labute approximate surface area is 98.7 Å². The second-order valence-corrected chi connectivity index (χ2v) is 3.76. The van der Waals surface area contributed by atoms with E-state index in [4.69, 9.17) is 5.73 Å². The summed E-state index contributed by atoms with van der Waals surface area (Å²) in [6.45, 7) is 3.60. The molecular formula is C12H13FN4. The Hall–Kier alpha value is -2.17. The van der Waals surface area contributed by atoms with Gasteiger partial charge < -0.3 is 11.1 Å². The normalized spacial score (nSPS) is 10.3. The fraction of sp³-hybridized carbons (Fsp3) is 0.167. The summed E-state index contributed by atoms with van der Waals surface area (Å²) in [6, 6.07) is 6.05. The van der Waals surface area contributed by atoms with Crippen LogP contribution in [0.15, 0.2) is 24.3 Å². The molecule has 2 aromatic rings. The zero-order chi connectivity index (χ0) is 12.4. The maximum absolute atomic E-state index is 12.8. The van der Waals surface area contributed by atoms with Crippen LogP contribution in [-0.4, -0.2) is 9.97 Å². The monoisotopic (exact) mass is 232 g/mol. The maximum Gasteiger partial charge on any atom is 0.139 e. The van der Waals surface area contributed by atoms with Crippen LogP contribution in [0.4, 0.5) is 21.7 Å². The molecule has 3 N–H and O–H groups in total. The molecule has 0 unspecified atom stereocenters. The van der Waals surface area contributed by atoms with Crippen molar-refractivity contribution >= 4 is 17.3 Å². The van der Waals surface area contributed by atoms with Gasteiger partial charge in [0.2, 0.25) is 0 Å². The number of hydrogen-bond acceptors (Lipinski definition) is 4. The lowest BCUT2D eigenvalue weighted by molar-refractivity contribution is 0.628. The first-order valence-corrected chi connectivity index (χ1v) is 5.19. The predicted octanol–water partition coefficient (Wildman–Crippen LogP) is 2.56. The molecule has 0 atom stereocenters. The summed E-state index contributed by atoms with van der Waals surface area (Å²) in [7, 11) is 0. The van der Waals surface area contributed by atoms with Crippen molar-refractivity contribution in [1.29, 1.82) is 0 Å². The van der Waals surface area contributed by atoms with Crippen molar-refractivity contribution in [3.63, 3.8) is 0 Å². The topological polar surface area (TPSA) is 63.8 Å². The Kier molecular flexibility index (Phi) is 2.91. The molecule has 0 aliphatic heterocycles. The van der Waals surface area contributed by atoms with Crippen LogP contribution in [0.5, 0.6) is 0 Å². The van der Waals surface area contributed by atoms with Crippen LogP contribution in [0, 0.1) is 19.7 Å². The van der Waals surface area contributed by atoms with E-state index in [2.05, 4.69) is 15.3 Å². The van der Waals surface area contributed by atoms with Crippen molar-refractivity contribution in [3.8, 4) is 0 Å². The molecule has 4 nitrogen and oxygen atoms in total. The van der Waals surface area contributed by atoms with Crippen molar-refractivity contribution in [3.05, 3.63) is 41.5 Å². The van der Waals surface area contributed by atoms with Crippen LogP contribution in [-0.2, 0) is 0 Å². The molecule has 0 bridgehead atoms. The maximum atomic E-state index is 12.8. The number of benzene rings is 1. The van der Waals surface area contributed by atoms with Gasteiger partial charge in [0.25, 0.3) is 0 Å². The van der Waals surface area contributed by atoms with E-state index in [1.807, 2.05) is 6.92 Å². The minimum atomic E-state index is -0.273. The zero-order valence-electron chi connectivity index (χ0n) is 9.66. The number of nitrogens with zero attached hydrogens (tertiary/aromatic N) is 2. The van der Waals surface area contributed by atoms with Gasteiger partial charge in [-0.15, -0.1) is 0 Å². The van der Waals surface area contributed by atoms with Crippen LogP contribution < -0.4 is 11.1 Å². The van der Waals surface area contributed by atoms with Gasteiger partial charge in [0.15, 0.2) is 0 Å². The third kappa shape index (κ3) is 2.50. The van der Waals surface area contributed by atoms with Crippen molar-refractivity contribution in [1.82, 2.24) is 9.97 Å². The summed E-state index contributed by atoms with van der Waals surface area (Å²) in [5.74, 6) is 1.41. The van der Waals surface area contributed by atoms with Gasteiger partial charge in [-0.1, -0.05) is 0 Å². The predicted molar refractivity (Wildman–Crippen MR) is 65.6 cm³/mol. The fourth-order valence-corrected chi connectivity index (χ4v) is 1.44. The SMILES string of the molecule is Cc1nc(N)c(C)c(Nc2ccc(F)cc2)n1. The van der Waals surface area contributed by atoms with E-state index in [1.165, 1.54) is 12.1 Å². The number of halogens is 1. The highest BCUT2D eigenvalue weighted by Gasteiger charge is 2.06. The highest BCUT2D eigenvalue weighted by Crippen LogP contribution is 2.21. The van der Waals surface area contributed by atoms with Crippen LogP contribution in [0.2, 0.25) is 0 Å². The highest BCUT2D eigenvalue weighted by molar-refractivity contribution is 5.63. The molecule has 0 amide bonds. The van der Waals surface area contributed by atoms with Crippen LogP contribution in [0.25, 0.3) is 0 Å². The molecule has 1 heterocycles.